The Bertz CT molecular complexity index is 968. The number of nitrogens with one attached hydrogen (secondary N) is 2. The second-order valence-corrected chi connectivity index (χ2v) is 6.09. The summed E-state index contributed by atoms with van der Waals surface area (Å²) in [4.78, 5) is 31.6. The standard InChI is InChI=1S/C18H19N3O4/c1-2-12-4-6-16(25-12)15-10-24-8-7-21(15)17(22)11-3-5-13-14(9-11)20-18(23)19-13/h3-6,9,15H,2,7-8,10H2,1H3,(H2,19,20,23). The van der Waals surface area contributed by atoms with E-state index in [9.17, 15) is 9.59 Å². The quantitative estimate of drug-likeness (QED) is 0.764. The molecule has 0 radical (unpaired) electrons. The highest BCUT2D eigenvalue weighted by Gasteiger charge is 2.31. The number of aryl methyl sites for hydroxylation is 1. The van der Waals surface area contributed by atoms with Crippen LogP contribution in [-0.2, 0) is 11.2 Å². The fourth-order valence-corrected chi connectivity index (χ4v) is 3.18. The summed E-state index contributed by atoms with van der Waals surface area (Å²) in [5.74, 6) is 1.52. The van der Waals surface area contributed by atoms with Crippen molar-refractivity contribution in [3.63, 3.8) is 0 Å². The van der Waals surface area contributed by atoms with Crippen LogP contribution in [0.2, 0.25) is 0 Å². The van der Waals surface area contributed by atoms with Crippen molar-refractivity contribution in [2.45, 2.75) is 19.4 Å². The highest BCUT2D eigenvalue weighted by Crippen LogP contribution is 2.28. The molecule has 1 aliphatic rings. The fourth-order valence-electron chi connectivity index (χ4n) is 3.18. The average Bonchev–Trinajstić information content (AvgIpc) is 3.25. The number of fused-ring (bicyclic) bond motifs is 1. The Balaban J connectivity index is 1.66. The van der Waals surface area contributed by atoms with Gasteiger partial charge in [0, 0.05) is 18.5 Å². The van der Waals surface area contributed by atoms with Gasteiger partial charge in [0.25, 0.3) is 5.91 Å². The van der Waals surface area contributed by atoms with Crippen LogP contribution in [-0.4, -0.2) is 40.5 Å². The molecule has 1 aliphatic heterocycles. The molecule has 0 aliphatic carbocycles. The fraction of sp³-hybridized carbons (Fsp3) is 0.333. The summed E-state index contributed by atoms with van der Waals surface area (Å²) in [6, 6.07) is 8.75. The van der Waals surface area contributed by atoms with Crippen LogP contribution < -0.4 is 5.69 Å². The number of aromatic amines is 2. The minimum absolute atomic E-state index is 0.105. The molecule has 130 valence electrons. The number of benzene rings is 1. The molecular formula is C18H19N3O4. The van der Waals surface area contributed by atoms with Crippen molar-refractivity contribution in [2.75, 3.05) is 19.8 Å². The van der Waals surface area contributed by atoms with E-state index in [1.807, 2.05) is 19.1 Å². The van der Waals surface area contributed by atoms with Crippen LogP contribution in [0.15, 0.2) is 39.5 Å². The van der Waals surface area contributed by atoms with Gasteiger partial charge in [-0.25, -0.2) is 4.79 Å². The number of hydrogen-bond acceptors (Lipinski definition) is 4. The van der Waals surface area contributed by atoms with Gasteiger partial charge in [0.1, 0.15) is 17.6 Å². The van der Waals surface area contributed by atoms with E-state index in [1.54, 1.807) is 23.1 Å². The Morgan fingerprint density at radius 2 is 2.08 bits per heavy atom. The van der Waals surface area contributed by atoms with Crippen LogP contribution in [0, 0.1) is 0 Å². The molecule has 1 atom stereocenters. The molecule has 3 heterocycles. The van der Waals surface area contributed by atoms with E-state index in [4.69, 9.17) is 9.15 Å². The number of carbonyl (C=O) groups is 1. The van der Waals surface area contributed by atoms with E-state index in [1.165, 1.54) is 0 Å². The lowest BCUT2D eigenvalue weighted by Gasteiger charge is -2.34. The van der Waals surface area contributed by atoms with E-state index < -0.39 is 0 Å². The highest BCUT2D eigenvalue weighted by molar-refractivity contribution is 5.97. The number of H-pyrrole nitrogens is 2. The molecule has 4 rings (SSSR count). The Hall–Kier alpha value is -2.80. The predicted molar refractivity (Wildman–Crippen MR) is 91.6 cm³/mol. The molecule has 0 saturated carbocycles. The number of aromatic nitrogens is 2. The Morgan fingerprint density at radius 3 is 2.88 bits per heavy atom. The summed E-state index contributed by atoms with van der Waals surface area (Å²) in [7, 11) is 0. The zero-order chi connectivity index (χ0) is 17.4. The number of nitrogens with zero attached hydrogens (tertiary/aromatic N) is 1. The van der Waals surface area contributed by atoms with Crippen LogP contribution in [0.4, 0.5) is 0 Å². The van der Waals surface area contributed by atoms with Gasteiger partial charge in [0.2, 0.25) is 0 Å². The van der Waals surface area contributed by atoms with Gasteiger partial charge in [0.05, 0.1) is 24.2 Å². The third-order valence-electron chi connectivity index (χ3n) is 4.51. The second kappa shape index (κ2) is 6.25. The summed E-state index contributed by atoms with van der Waals surface area (Å²) >= 11 is 0. The van der Waals surface area contributed by atoms with E-state index in [0.717, 1.165) is 17.9 Å². The van der Waals surface area contributed by atoms with Crippen LogP contribution in [0.5, 0.6) is 0 Å². The molecule has 1 unspecified atom stereocenters. The maximum absolute atomic E-state index is 13.0. The molecule has 1 fully saturated rings. The number of imidazole rings is 1. The van der Waals surface area contributed by atoms with E-state index >= 15 is 0 Å². The van der Waals surface area contributed by atoms with Crippen molar-refractivity contribution in [1.29, 1.82) is 0 Å². The SMILES string of the molecule is CCc1ccc(C2COCCN2C(=O)c2ccc3[nH]c(=O)[nH]c3c2)o1. The van der Waals surface area contributed by atoms with Crippen molar-refractivity contribution in [2.24, 2.45) is 0 Å². The van der Waals surface area contributed by atoms with Gasteiger partial charge in [-0.2, -0.15) is 0 Å². The van der Waals surface area contributed by atoms with E-state index in [2.05, 4.69) is 9.97 Å². The van der Waals surface area contributed by atoms with Crippen molar-refractivity contribution >= 4 is 16.9 Å². The summed E-state index contributed by atoms with van der Waals surface area (Å²) < 4.78 is 11.4. The zero-order valence-electron chi connectivity index (χ0n) is 13.9. The first kappa shape index (κ1) is 15.7. The lowest BCUT2D eigenvalue weighted by Crippen LogP contribution is -2.43. The average molecular weight is 341 g/mol. The van der Waals surface area contributed by atoms with Gasteiger partial charge in [-0.15, -0.1) is 0 Å². The summed E-state index contributed by atoms with van der Waals surface area (Å²) in [5.41, 5.74) is 1.54. The Morgan fingerprint density at radius 1 is 1.24 bits per heavy atom. The summed E-state index contributed by atoms with van der Waals surface area (Å²) in [6.45, 7) is 3.42. The molecule has 1 aromatic carbocycles. The van der Waals surface area contributed by atoms with Crippen LogP contribution in [0.25, 0.3) is 11.0 Å². The van der Waals surface area contributed by atoms with Gasteiger partial charge in [-0.05, 0) is 30.3 Å². The summed E-state index contributed by atoms with van der Waals surface area (Å²) in [5, 5.41) is 0. The van der Waals surface area contributed by atoms with Gasteiger partial charge in [-0.3, -0.25) is 4.79 Å². The van der Waals surface area contributed by atoms with Gasteiger partial charge in [0.15, 0.2) is 0 Å². The monoisotopic (exact) mass is 341 g/mol. The minimum Gasteiger partial charge on any atom is -0.464 e. The van der Waals surface area contributed by atoms with E-state index in [0.29, 0.717) is 36.4 Å². The Labute approximate surface area is 143 Å². The van der Waals surface area contributed by atoms with Crippen molar-refractivity contribution in [1.82, 2.24) is 14.9 Å². The number of amides is 1. The van der Waals surface area contributed by atoms with Crippen molar-refractivity contribution in [3.05, 3.63) is 57.9 Å². The van der Waals surface area contributed by atoms with Gasteiger partial charge >= 0.3 is 5.69 Å². The van der Waals surface area contributed by atoms with Crippen LogP contribution in [0.3, 0.4) is 0 Å². The molecule has 2 aromatic heterocycles. The van der Waals surface area contributed by atoms with Crippen LogP contribution in [0.1, 0.15) is 34.8 Å². The molecule has 25 heavy (non-hydrogen) atoms. The third kappa shape index (κ3) is 2.87. The first-order chi connectivity index (χ1) is 12.2. The topological polar surface area (TPSA) is 91.3 Å². The minimum atomic E-state index is -0.286. The Kier molecular flexibility index (Phi) is 3.93. The lowest BCUT2D eigenvalue weighted by atomic mass is 10.1. The van der Waals surface area contributed by atoms with Gasteiger partial charge in [-0.1, -0.05) is 6.92 Å². The third-order valence-corrected chi connectivity index (χ3v) is 4.51. The molecule has 2 N–H and O–H groups in total. The molecule has 7 heteroatoms. The molecule has 0 bridgehead atoms. The molecular weight excluding hydrogens is 322 g/mol. The van der Waals surface area contributed by atoms with Crippen LogP contribution >= 0.6 is 0 Å². The first-order valence-corrected chi connectivity index (χ1v) is 8.35. The first-order valence-electron chi connectivity index (χ1n) is 8.35. The predicted octanol–water partition coefficient (Wildman–Crippen LogP) is 2.23. The van der Waals surface area contributed by atoms with Crippen molar-refractivity contribution in [3.8, 4) is 0 Å². The molecule has 7 nitrogen and oxygen atoms in total. The molecule has 1 saturated heterocycles. The molecule has 3 aromatic rings. The molecule has 1 amide bonds. The number of hydrogen-bond donors (Lipinski definition) is 2. The second-order valence-electron chi connectivity index (χ2n) is 6.09. The van der Waals surface area contributed by atoms with Crippen molar-refractivity contribution < 1.29 is 13.9 Å². The molecule has 0 spiro atoms. The number of furan rings is 1. The zero-order valence-corrected chi connectivity index (χ0v) is 13.9. The lowest BCUT2D eigenvalue weighted by molar-refractivity contribution is -0.00900. The van der Waals surface area contributed by atoms with E-state index in [-0.39, 0.29) is 17.6 Å². The number of rotatable bonds is 3. The maximum atomic E-state index is 13.0. The smallest absolute Gasteiger partial charge is 0.323 e. The normalized spacial score (nSPS) is 18.0. The number of morpholine rings is 1. The largest absolute Gasteiger partial charge is 0.464 e. The van der Waals surface area contributed by atoms with Gasteiger partial charge < -0.3 is 24.0 Å². The highest BCUT2D eigenvalue weighted by atomic mass is 16.5. The summed E-state index contributed by atoms with van der Waals surface area (Å²) in [6.07, 6.45) is 0.805. The maximum Gasteiger partial charge on any atom is 0.323 e. The number of ether oxygens (including phenoxy) is 1. The number of carbonyl (C=O) groups excluding carboxylic acids is 1.